The van der Waals surface area contributed by atoms with Crippen LogP contribution >= 0.6 is 0 Å². The zero-order valence-electron chi connectivity index (χ0n) is 10.4. The first-order chi connectivity index (χ1) is 8.16. The van der Waals surface area contributed by atoms with Crippen LogP contribution in [0.3, 0.4) is 0 Å². The molecule has 0 unspecified atom stereocenters. The number of amides is 1. The maximum atomic E-state index is 11.9. The third-order valence-electron chi connectivity index (χ3n) is 3.01. The van der Waals surface area contributed by atoms with Crippen molar-refractivity contribution in [1.29, 1.82) is 0 Å². The molecule has 0 radical (unpaired) electrons. The van der Waals surface area contributed by atoms with Crippen molar-refractivity contribution >= 4 is 17.3 Å². The normalized spacial score (nSPS) is 19.1. The van der Waals surface area contributed by atoms with Gasteiger partial charge in [0.05, 0.1) is 6.04 Å². The molecule has 1 atom stereocenters. The Morgan fingerprint density at radius 1 is 1.47 bits per heavy atom. The Kier molecular flexibility index (Phi) is 3.64. The molecule has 0 aromatic heterocycles. The highest BCUT2D eigenvalue weighted by Gasteiger charge is 2.21. The van der Waals surface area contributed by atoms with E-state index >= 15 is 0 Å². The number of carbonyl (C=O) groups excluding carboxylic acids is 1. The van der Waals surface area contributed by atoms with E-state index in [1.165, 1.54) is 0 Å². The van der Waals surface area contributed by atoms with E-state index in [4.69, 9.17) is 0 Å². The number of hydrogen-bond acceptors (Lipinski definition) is 3. The van der Waals surface area contributed by atoms with E-state index in [0.717, 1.165) is 30.8 Å². The topological polar surface area (TPSA) is 44.4 Å². The van der Waals surface area contributed by atoms with E-state index in [1.807, 2.05) is 43.3 Å². The quantitative estimate of drug-likeness (QED) is 0.830. The lowest BCUT2D eigenvalue weighted by molar-refractivity contribution is -0.117. The van der Waals surface area contributed by atoms with Crippen LogP contribution in [0.4, 0.5) is 11.4 Å². The first kappa shape index (κ1) is 11.9. The standard InChI is InChI=1S/C13H19N3O/c1-16(2)11-6-3-5-10(9-11)15-13(17)12-7-4-8-14-12/h3,5-6,9,12,14H,4,7-8H2,1-2H3,(H,15,17)/t12-/m0/s1. The summed E-state index contributed by atoms with van der Waals surface area (Å²) in [6, 6.07) is 7.83. The van der Waals surface area contributed by atoms with Crippen molar-refractivity contribution in [2.45, 2.75) is 18.9 Å². The summed E-state index contributed by atoms with van der Waals surface area (Å²) in [5.74, 6) is 0.0680. The molecule has 0 aliphatic carbocycles. The first-order valence-corrected chi connectivity index (χ1v) is 5.98. The van der Waals surface area contributed by atoms with Crippen molar-refractivity contribution in [1.82, 2.24) is 5.32 Å². The van der Waals surface area contributed by atoms with E-state index in [1.54, 1.807) is 0 Å². The summed E-state index contributed by atoms with van der Waals surface area (Å²) < 4.78 is 0. The summed E-state index contributed by atoms with van der Waals surface area (Å²) >= 11 is 0. The molecule has 4 heteroatoms. The lowest BCUT2D eigenvalue weighted by Crippen LogP contribution is -2.35. The van der Waals surface area contributed by atoms with Gasteiger partial charge in [0.1, 0.15) is 0 Å². The van der Waals surface area contributed by atoms with Gasteiger partial charge >= 0.3 is 0 Å². The number of anilines is 2. The third kappa shape index (κ3) is 2.97. The molecule has 0 saturated carbocycles. The molecule has 0 bridgehead atoms. The summed E-state index contributed by atoms with van der Waals surface area (Å²) in [5.41, 5.74) is 1.94. The van der Waals surface area contributed by atoms with Gasteiger partial charge in [0, 0.05) is 25.5 Å². The molecule has 1 fully saturated rings. The molecule has 1 aliphatic rings. The fourth-order valence-corrected chi connectivity index (χ4v) is 2.00. The first-order valence-electron chi connectivity index (χ1n) is 5.98. The molecule has 2 rings (SSSR count). The van der Waals surface area contributed by atoms with Gasteiger partial charge in [-0.25, -0.2) is 0 Å². The summed E-state index contributed by atoms with van der Waals surface area (Å²) in [4.78, 5) is 13.9. The maximum absolute atomic E-state index is 11.9. The number of rotatable bonds is 3. The molecular formula is C13H19N3O. The molecule has 2 N–H and O–H groups in total. The molecule has 92 valence electrons. The van der Waals surface area contributed by atoms with Gasteiger partial charge < -0.3 is 15.5 Å². The highest BCUT2D eigenvalue weighted by atomic mass is 16.2. The Bertz CT molecular complexity index is 397. The molecule has 0 spiro atoms. The SMILES string of the molecule is CN(C)c1cccc(NC(=O)[C@@H]2CCCN2)c1. The van der Waals surface area contributed by atoms with Crippen LogP contribution in [-0.2, 0) is 4.79 Å². The van der Waals surface area contributed by atoms with Crippen molar-refractivity contribution in [3.05, 3.63) is 24.3 Å². The molecule has 17 heavy (non-hydrogen) atoms. The van der Waals surface area contributed by atoms with Crippen LogP contribution in [0.1, 0.15) is 12.8 Å². The fourth-order valence-electron chi connectivity index (χ4n) is 2.00. The second kappa shape index (κ2) is 5.19. The number of carbonyl (C=O) groups is 1. The van der Waals surface area contributed by atoms with Gasteiger partial charge in [-0.2, -0.15) is 0 Å². The van der Waals surface area contributed by atoms with Crippen molar-refractivity contribution in [2.24, 2.45) is 0 Å². The van der Waals surface area contributed by atoms with Crippen LogP contribution in [0.5, 0.6) is 0 Å². The zero-order chi connectivity index (χ0) is 12.3. The van der Waals surface area contributed by atoms with E-state index in [2.05, 4.69) is 10.6 Å². The van der Waals surface area contributed by atoms with Crippen LogP contribution in [0.2, 0.25) is 0 Å². The highest BCUT2D eigenvalue weighted by Crippen LogP contribution is 2.18. The Labute approximate surface area is 102 Å². The van der Waals surface area contributed by atoms with Gasteiger partial charge in [-0.15, -0.1) is 0 Å². The lowest BCUT2D eigenvalue weighted by atomic mass is 10.2. The molecule has 1 aromatic rings. The Morgan fingerprint density at radius 3 is 2.94 bits per heavy atom. The van der Waals surface area contributed by atoms with Gasteiger partial charge in [0.2, 0.25) is 5.91 Å². The average molecular weight is 233 g/mol. The van der Waals surface area contributed by atoms with Gasteiger partial charge in [0.25, 0.3) is 0 Å². The zero-order valence-corrected chi connectivity index (χ0v) is 10.4. The second-order valence-corrected chi connectivity index (χ2v) is 4.58. The largest absolute Gasteiger partial charge is 0.378 e. The Balaban J connectivity index is 2.02. The average Bonchev–Trinajstić information content (AvgIpc) is 2.82. The minimum atomic E-state index is -0.0296. The van der Waals surface area contributed by atoms with Crippen LogP contribution in [0.25, 0.3) is 0 Å². The smallest absolute Gasteiger partial charge is 0.241 e. The van der Waals surface area contributed by atoms with Crippen LogP contribution < -0.4 is 15.5 Å². The Hall–Kier alpha value is -1.55. The third-order valence-corrected chi connectivity index (χ3v) is 3.01. The monoisotopic (exact) mass is 233 g/mol. The summed E-state index contributed by atoms with van der Waals surface area (Å²) in [7, 11) is 3.97. The fraction of sp³-hybridized carbons (Fsp3) is 0.462. The summed E-state index contributed by atoms with van der Waals surface area (Å²) in [6.45, 7) is 0.940. The lowest BCUT2D eigenvalue weighted by Gasteiger charge is -2.15. The van der Waals surface area contributed by atoms with E-state index in [-0.39, 0.29) is 11.9 Å². The molecular weight excluding hydrogens is 214 g/mol. The van der Waals surface area contributed by atoms with Crippen molar-refractivity contribution in [3.63, 3.8) is 0 Å². The minimum absolute atomic E-state index is 0.0296. The van der Waals surface area contributed by atoms with Crippen LogP contribution in [0.15, 0.2) is 24.3 Å². The van der Waals surface area contributed by atoms with Crippen LogP contribution in [0, 0.1) is 0 Å². The number of benzene rings is 1. The van der Waals surface area contributed by atoms with E-state index in [9.17, 15) is 4.79 Å². The molecule has 1 saturated heterocycles. The number of nitrogens with one attached hydrogen (secondary N) is 2. The number of nitrogens with zero attached hydrogens (tertiary/aromatic N) is 1. The van der Waals surface area contributed by atoms with Crippen molar-refractivity contribution in [2.75, 3.05) is 30.9 Å². The predicted molar refractivity (Wildman–Crippen MR) is 70.4 cm³/mol. The maximum Gasteiger partial charge on any atom is 0.241 e. The number of hydrogen-bond donors (Lipinski definition) is 2. The molecule has 1 heterocycles. The highest BCUT2D eigenvalue weighted by molar-refractivity contribution is 5.95. The van der Waals surface area contributed by atoms with Crippen molar-refractivity contribution in [3.8, 4) is 0 Å². The molecule has 1 aromatic carbocycles. The molecule has 1 aliphatic heterocycles. The summed E-state index contributed by atoms with van der Waals surface area (Å²) in [6.07, 6.45) is 2.01. The summed E-state index contributed by atoms with van der Waals surface area (Å²) in [5, 5.41) is 6.14. The molecule has 4 nitrogen and oxygen atoms in total. The van der Waals surface area contributed by atoms with Crippen LogP contribution in [-0.4, -0.2) is 32.6 Å². The second-order valence-electron chi connectivity index (χ2n) is 4.58. The van der Waals surface area contributed by atoms with E-state index in [0.29, 0.717) is 0 Å². The van der Waals surface area contributed by atoms with Gasteiger partial charge in [-0.1, -0.05) is 6.07 Å². The molecule has 1 amide bonds. The van der Waals surface area contributed by atoms with Gasteiger partial charge in [0.15, 0.2) is 0 Å². The van der Waals surface area contributed by atoms with E-state index < -0.39 is 0 Å². The van der Waals surface area contributed by atoms with Gasteiger partial charge in [-0.3, -0.25) is 4.79 Å². The minimum Gasteiger partial charge on any atom is -0.378 e. The Morgan fingerprint density at radius 2 is 2.29 bits per heavy atom. The predicted octanol–water partition coefficient (Wildman–Crippen LogP) is 1.44. The van der Waals surface area contributed by atoms with Gasteiger partial charge in [-0.05, 0) is 37.6 Å². The van der Waals surface area contributed by atoms with Crippen molar-refractivity contribution < 1.29 is 4.79 Å².